The number of anilines is 1. The van der Waals surface area contributed by atoms with Crippen molar-refractivity contribution in [2.24, 2.45) is 0 Å². The van der Waals surface area contributed by atoms with Gasteiger partial charge in [-0.25, -0.2) is 13.8 Å². The number of hydrogen-bond acceptors (Lipinski definition) is 5. The lowest BCUT2D eigenvalue weighted by atomic mass is 9.87. The Hall–Kier alpha value is -3.60. The van der Waals surface area contributed by atoms with Crippen LogP contribution in [-0.4, -0.2) is 61.2 Å². The van der Waals surface area contributed by atoms with Gasteiger partial charge in [0.25, 0.3) is 0 Å². The second kappa shape index (κ2) is 11.4. The first-order chi connectivity index (χ1) is 18.1. The number of likely N-dealkylation sites (N-methyl/N-ethyl adjacent to an activating group) is 1. The summed E-state index contributed by atoms with van der Waals surface area (Å²) in [6.07, 6.45) is 8.34. The molecule has 1 aliphatic carbocycles. The molecule has 2 amide bonds. The van der Waals surface area contributed by atoms with Crippen LogP contribution < -0.4 is 10.6 Å². The molecule has 3 aromatic rings. The molecule has 0 spiro atoms. The monoisotopic (exact) mass is 527 g/mol. The first kappa shape index (κ1) is 27.4. The summed E-state index contributed by atoms with van der Waals surface area (Å²) in [4.78, 5) is 32.3. The van der Waals surface area contributed by atoms with E-state index in [0.29, 0.717) is 55.8 Å². The van der Waals surface area contributed by atoms with E-state index < -0.39 is 23.2 Å². The minimum absolute atomic E-state index is 0.0674. The lowest BCUT2D eigenvalue weighted by Crippen LogP contribution is -2.47. The van der Waals surface area contributed by atoms with Crippen LogP contribution in [0.25, 0.3) is 0 Å². The van der Waals surface area contributed by atoms with Crippen molar-refractivity contribution in [3.05, 3.63) is 65.9 Å². The Labute approximate surface area is 221 Å². The normalized spacial score (nSPS) is 16.1. The maximum absolute atomic E-state index is 14.2. The van der Waals surface area contributed by atoms with Crippen molar-refractivity contribution in [2.45, 2.75) is 71.1 Å². The molecule has 1 aliphatic rings. The number of imidazole rings is 1. The number of halogens is 2. The lowest BCUT2D eigenvalue weighted by Gasteiger charge is -2.32. The number of rotatable bonds is 10. The molecule has 1 unspecified atom stereocenters. The number of aromatic nitrogens is 4. The molecule has 38 heavy (non-hydrogen) atoms. The first-order valence-corrected chi connectivity index (χ1v) is 12.9. The van der Waals surface area contributed by atoms with Crippen molar-refractivity contribution in [3.63, 3.8) is 0 Å². The molecule has 0 aliphatic heterocycles. The van der Waals surface area contributed by atoms with Crippen LogP contribution in [-0.2, 0) is 34.5 Å². The standard InChI is InChI=1S/C27H35F2N7O2/c1-5-34(11-12-36-10-6-9-31-36)26(38)27(3,4)35-16-24(30-17-35)33-25(37)18(2)32-21-8-7-19-13-20(28)14-23(29)22(19)15-21/h6,9-10,13-14,16-18,21,32H,5,7-8,11-12,15H2,1-4H3,(H,33,37)/t18-,21?/m0/s1. The van der Waals surface area contributed by atoms with Gasteiger partial charge in [0, 0.05) is 43.8 Å². The molecule has 0 radical (unpaired) electrons. The molecule has 2 aromatic heterocycles. The minimum Gasteiger partial charge on any atom is -0.339 e. The number of amides is 2. The number of nitrogens with one attached hydrogen (secondary N) is 2. The number of nitrogens with zero attached hydrogens (tertiary/aromatic N) is 5. The second-order valence-corrected chi connectivity index (χ2v) is 10.2. The molecule has 0 saturated carbocycles. The zero-order valence-electron chi connectivity index (χ0n) is 22.2. The molecule has 2 atom stereocenters. The zero-order chi connectivity index (χ0) is 27.4. The fraction of sp³-hybridized carbons (Fsp3) is 0.481. The summed E-state index contributed by atoms with van der Waals surface area (Å²) in [5.41, 5.74) is 0.265. The maximum Gasteiger partial charge on any atom is 0.248 e. The van der Waals surface area contributed by atoms with E-state index in [1.165, 1.54) is 12.4 Å². The Kier molecular flexibility index (Phi) is 8.25. The van der Waals surface area contributed by atoms with Crippen LogP contribution in [0.3, 0.4) is 0 Å². The van der Waals surface area contributed by atoms with Gasteiger partial charge in [0.05, 0.1) is 18.9 Å². The summed E-state index contributed by atoms with van der Waals surface area (Å²) in [7, 11) is 0. The highest BCUT2D eigenvalue weighted by atomic mass is 19.1. The van der Waals surface area contributed by atoms with E-state index in [1.54, 1.807) is 33.5 Å². The highest BCUT2D eigenvalue weighted by molar-refractivity contribution is 5.93. The Morgan fingerprint density at radius 2 is 2.08 bits per heavy atom. The van der Waals surface area contributed by atoms with E-state index in [-0.39, 0.29) is 17.9 Å². The van der Waals surface area contributed by atoms with Crippen molar-refractivity contribution in [1.29, 1.82) is 0 Å². The molecule has 0 fully saturated rings. The summed E-state index contributed by atoms with van der Waals surface area (Å²) >= 11 is 0. The topological polar surface area (TPSA) is 97.1 Å². The van der Waals surface area contributed by atoms with Gasteiger partial charge in [0.1, 0.15) is 17.2 Å². The predicted octanol–water partition coefficient (Wildman–Crippen LogP) is 3.12. The summed E-state index contributed by atoms with van der Waals surface area (Å²) in [5, 5.41) is 10.2. The average Bonchev–Trinajstić information content (AvgIpc) is 3.57. The predicted molar refractivity (Wildman–Crippen MR) is 139 cm³/mol. The van der Waals surface area contributed by atoms with Gasteiger partial charge < -0.3 is 20.1 Å². The van der Waals surface area contributed by atoms with Gasteiger partial charge in [-0.2, -0.15) is 5.10 Å². The second-order valence-electron chi connectivity index (χ2n) is 10.2. The molecule has 11 heteroatoms. The quantitative estimate of drug-likeness (QED) is 0.422. The third-order valence-corrected chi connectivity index (χ3v) is 7.17. The first-order valence-electron chi connectivity index (χ1n) is 12.9. The SMILES string of the molecule is CCN(CCn1cccn1)C(=O)C(C)(C)n1cnc(NC(=O)[C@H](C)NC2CCc3cc(F)cc(F)c3C2)c1. The van der Waals surface area contributed by atoms with Crippen molar-refractivity contribution >= 4 is 17.6 Å². The van der Waals surface area contributed by atoms with Crippen molar-refractivity contribution < 1.29 is 18.4 Å². The largest absolute Gasteiger partial charge is 0.339 e. The highest BCUT2D eigenvalue weighted by Gasteiger charge is 2.33. The van der Waals surface area contributed by atoms with E-state index >= 15 is 0 Å². The van der Waals surface area contributed by atoms with Crippen LogP contribution in [0.5, 0.6) is 0 Å². The fourth-order valence-electron chi connectivity index (χ4n) is 4.84. The number of carbonyl (C=O) groups is 2. The molecular weight excluding hydrogens is 492 g/mol. The van der Waals surface area contributed by atoms with E-state index in [9.17, 15) is 18.4 Å². The van der Waals surface area contributed by atoms with Crippen LogP contribution in [0.1, 0.15) is 45.2 Å². The zero-order valence-corrected chi connectivity index (χ0v) is 22.2. The number of carbonyl (C=O) groups excluding carboxylic acids is 2. The number of benzene rings is 1. The van der Waals surface area contributed by atoms with E-state index in [1.807, 2.05) is 33.0 Å². The van der Waals surface area contributed by atoms with Crippen molar-refractivity contribution in [3.8, 4) is 0 Å². The smallest absolute Gasteiger partial charge is 0.248 e. The van der Waals surface area contributed by atoms with Gasteiger partial charge in [-0.05, 0) is 70.2 Å². The van der Waals surface area contributed by atoms with Gasteiger partial charge in [-0.3, -0.25) is 14.3 Å². The Morgan fingerprint density at radius 3 is 2.79 bits per heavy atom. The van der Waals surface area contributed by atoms with Crippen molar-refractivity contribution in [2.75, 3.05) is 18.4 Å². The Balaban J connectivity index is 1.34. The van der Waals surface area contributed by atoms with Crippen LogP contribution in [0, 0.1) is 11.6 Å². The molecule has 4 rings (SSSR count). The summed E-state index contributed by atoms with van der Waals surface area (Å²) in [6, 6.07) is 3.45. The molecule has 1 aromatic carbocycles. The third-order valence-electron chi connectivity index (χ3n) is 7.17. The molecular formula is C27H35F2N7O2. The lowest BCUT2D eigenvalue weighted by molar-refractivity contribution is -0.139. The molecule has 9 nitrogen and oxygen atoms in total. The summed E-state index contributed by atoms with van der Waals surface area (Å²) in [6.45, 7) is 8.96. The van der Waals surface area contributed by atoms with E-state index in [2.05, 4.69) is 20.7 Å². The van der Waals surface area contributed by atoms with Gasteiger partial charge in [-0.1, -0.05) is 0 Å². The minimum atomic E-state index is -0.918. The van der Waals surface area contributed by atoms with Crippen LogP contribution in [0.4, 0.5) is 14.6 Å². The highest BCUT2D eigenvalue weighted by Crippen LogP contribution is 2.26. The Bertz CT molecular complexity index is 1270. The average molecular weight is 528 g/mol. The van der Waals surface area contributed by atoms with Crippen LogP contribution >= 0.6 is 0 Å². The Morgan fingerprint density at radius 1 is 1.29 bits per heavy atom. The molecule has 2 N–H and O–H groups in total. The third kappa shape index (κ3) is 6.09. The van der Waals surface area contributed by atoms with Gasteiger partial charge in [0.15, 0.2) is 5.82 Å². The van der Waals surface area contributed by atoms with Gasteiger partial charge in [0.2, 0.25) is 11.8 Å². The maximum atomic E-state index is 14.2. The number of fused-ring (bicyclic) bond motifs is 1. The molecule has 0 bridgehead atoms. The van der Waals surface area contributed by atoms with E-state index in [4.69, 9.17) is 0 Å². The molecule has 204 valence electrons. The summed E-state index contributed by atoms with van der Waals surface area (Å²) < 4.78 is 31.2. The molecule has 2 heterocycles. The molecule has 0 saturated heterocycles. The number of aryl methyl sites for hydroxylation is 1. The number of hydrogen-bond donors (Lipinski definition) is 2. The van der Waals surface area contributed by atoms with E-state index in [0.717, 1.165) is 6.07 Å². The van der Waals surface area contributed by atoms with Crippen molar-refractivity contribution in [1.82, 2.24) is 29.5 Å². The van der Waals surface area contributed by atoms with Crippen LogP contribution in [0.15, 0.2) is 43.1 Å². The van der Waals surface area contributed by atoms with Gasteiger partial charge >= 0.3 is 0 Å². The summed E-state index contributed by atoms with van der Waals surface area (Å²) in [5.74, 6) is -1.14. The fourth-order valence-corrected chi connectivity index (χ4v) is 4.84. The van der Waals surface area contributed by atoms with Gasteiger partial charge in [-0.15, -0.1) is 0 Å². The van der Waals surface area contributed by atoms with Crippen LogP contribution in [0.2, 0.25) is 0 Å².